The van der Waals surface area contributed by atoms with Crippen molar-refractivity contribution in [3.63, 3.8) is 0 Å². The fourth-order valence-corrected chi connectivity index (χ4v) is 5.72. The molecule has 0 aliphatic carbocycles. The van der Waals surface area contributed by atoms with Gasteiger partial charge in [0.15, 0.2) is 0 Å². The van der Waals surface area contributed by atoms with Crippen LogP contribution in [0.2, 0.25) is 0 Å². The number of hydrogen-bond donors (Lipinski definition) is 1. The normalized spacial score (nSPS) is 24.0. The number of benzene rings is 1. The predicted molar refractivity (Wildman–Crippen MR) is 110 cm³/mol. The molecule has 28 heavy (non-hydrogen) atoms. The summed E-state index contributed by atoms with van der Waals surface area (Å²) in [6.07, 6.45) is 5.57. The molecule has 6 heteroatoms. The lowest BCUT2D eigenvalue weighted by molar-refractivity contribution is -0.197. The van der Waals surface area contributed by atoms with Crippen LogP contribution in [0.5, 0.6) is 0 Å². The van der Waals surface area contributed by atoms with Crippen LogP contribution in [0.15, 0.2) is 66.4 Å². The summed E-state index contributed by atoms with van der Waals surface area (Å²) in [5.74, 6) is 0.355. The maximum Gasteiger partial charge on any atom is 0.107 e. The third-order valence-electron chi connectivity index (χ3n) is 6.22. The molecule has 1 aromatic carbocycles. The van der Waals surface area contributed by atoms with Crippen LogP contribution in [0, 0.1) is 0 Å². The Kier molecular flexibility index (Phi) is 4.72. The third kappa shape index (κ3) is 2.97. The van der Waals surface area contributed by atoms with E-state index < -0.39 is 0 Å². The van der Waals surface area contributed by atoms with Crippen molar-refractivity contribution in [2.24, 2.45) is 0 Å². The highest BCUT2D eigenvalue weighted by Crippen LogP contribution is 2.54. The molecule has 0 saturated carbocycles. The van der Waals surface area contributed by atoms with Crippen molar-refractivity contribution in [1.29, 1.82) is 0 Å². The molecule has 2 aliphatic rings. The quantitative estimate of drug-likeness (QED) is 0.699. The number of aliphatic hydroxyl groups excluding tert-OH is 1. The van der Waals surface area contributed by atoms with E-state index >= 15 is 0 Å². The molecular weight excluding hydrogens is 368 g/mol. The van der Waals surface area contributed by atoms with Gasteiger partial charge >= 0.3 is 0 Å². The standard InChI is InChI=1S/C22H24N4OS/c27-14-19-21(18-4-2-1-3-5-18)22(26(19)12-17-6-8-23-9-7-17)15-25(16-22)13-20-24-10-11-28-20/h1-11,19,21,27H,12-16H2/t19-,21-/m1/s1. The first kappa shape index (κ1) is 17.9. The Bertz CT molecular complexity index is 897. The molecule has 0 radical (unpaired) electrons. The van der Waals surface area contributed by atoms with Gasteiger partial charge in [-0.15, -0.1) is 11.3 Å². The summed E-state index contributed by atoms with van der Waals surface area (Å²) in [6.45, 7) is 3.95. The first-order valence-electron chi connectivity index (χ1n) is 9.72. The third-order valence-corrected chi connectivity index (χ3v) is 6.99. The minimum atomic E-state index is 0.0787. The molecule has 2 saturated heterocycles. The molecule has 0 bridgehead atoms. The van der Waals surface area contributed by atoms with Crippen LogP contribution in [-0.2, 0) is 13.1 Å². The maximum absolute atomic E-state index is 10.2. The van der Waals surface area contributed by atoms with Gasteiger partial charge in [0.25, 0.3) is 0 Å². The van der Waals surface area contributed by atoms with Gasteiger partial charge in [-0.3, -0.25) is 14.8 Å². The number of aromatic nitrogens is 2. The van der Waals surface area contributed by atoms with Crippen molar-refractivity contribution in [2.45, 2.75) is 30.6 Å². The Morgan fingerprint density at radius 3 is 2.50 bits per heavy atom. The van der Waals surface area contributed by atoms with Gasteiger partial charge in [0, 0.05) is 55.6 Å². The number of nitrogens with zero attached hydrogens (tertiary/aromatic N) is 4. The van der Waals surface area contributed by atoms with Gasteiger partial charge in [-0.1, -0.05) is 30.3 Å². The summed E-state index contributed by atoms with van der Waals surface area (Å²) in [6, 6.07) is 15.0. The lowest BCUT2D eigenvalue weighted by Gasteiger charge is -2.71. The number of aliphatic hydroxyl groups is 1. The zero-order chi connectivity index (χ0) is 19.0. The molecule has 1 N–H and O–H groups in total. The van der Waals surface area contributed by atoms with Crippen molar-refractivity contribution < 1.29 is 5.11 Å². The van der Waals surface area contributed by atoms with Crippen LogP contribution in [0.3, 0.4) is 0 Å². The lowest BCUT2D eigenvalue weighted by atomic mass is 9.60. The smallest absolute Gasteiger partial charge is 0.107 e. The molecule has 2 atom stereocenters. The van der Waals surface area contributed by atoms with Gasteiger partial charge in [0.1, 0.15) is 5.01 Å². The average Bonchev–Trinajstić information content (AvgIpc) is 3.21. The largest absolute Gasteiger partial charge is 0.395 e. The van der Waals surface area contributed by atoms with Crippen LogP contribution in [0.1, 0.15) is 22.1 Å². The van der Waals surface area contributed by atoms with E-state index in [1.54, 1.807) is 11.3 Å². The Labute approximate surface area is 169 Å². The topological polar surface area (TPSA) is 52.5 Å². The molecule has 3 aromatic rings. The lowest BCUT2D eigenvalue weighted by Crippen LogP contribution is -2.83. The second-order valence-corrected chi connectivity index (χ2v) is 8.78. The molecule has 4 heterocycles. The zero-order valence-corrected chi connectivity index (χ0v) is 16.5. The van der Waals surface area contributed by atoms with Crippen molar-refractivity contribution in [3.05, 3.63) is 82.6 Å². The molecule has 0 unspecified atom stereocenters. The van der Waals surface area contributed by atoms with Crippen molar-refractivity contribution in [1.82, 2.24) is 19.8 Å². The molecule has 0 amide bonds. The summed E-state index contributed by atoms with van der Waals surface area (Å²) >= 11 is 1.72. The van der Waals surface area contributed by atoms with Crippen molar-refractivity contribution in [3.8, 4) is 0 Å². The zero-order valence-electron chi connectivity index (χ0n) is 15.7. The number of likely N-dealkylation sites (tertiary alicyclic amines) is 2. The molecule has 2 aliphatic heterocycles. The van der Waals surface area contributed by atoms with E-state index in [-0.39, 0.29) is 18.2 Å². The maximum atomic E-state index is 10.2. The van der Waals surface area contributed by atoms with E-state index in [2.05, 4.69) is 62.2 Å². The highest BCUT2D eigenvalue weighted by Gasteiger charge is 2.65. The van der Waals surface area contributed by atoms with Gasteiger partial charge in [-0.25, -0.2) is 4.98 Å². The monoisotopic (exact) mass is 392 g/mol. The fraction of sp³-hybridized carbons (Fsp3) is 0.364. The Morgan fingerprint density at radius 1 is 1.04 bits per heavy atom. The highest BCUT2D eigenvalue weighted by atomic mass is 32.1. The fourth-order valence-electron chi connectivity index (χ4n) is 5.06. The van der Waals surface area contributed by atoms with E-state index in [9.17, 15) is 5.11 Å². The SMILES string of the molecule is OC[C@@H]1[C@@H](c2ccccc2)C2(CN(Cc3nccs3)C2)N1Cc1ccncc1. The van der Waals surface area contributed by atoms with Gasteiger partial charge in [0.2, 0.25) is 0 Å². The summed E-state index contributed by atoms with van der Waals surface area (Å²) in [5, 5.41) is 13.4. The molecular formula is C22H24N4OS. The van der Waals surface area contributed by atoms with E-state index in [1.807, 2.05) is 24.0 Å². The second kappa shape index (κ2) is 7.37. The first-order valence-corrected chi connectivity index (χ1v) is 10.6. The Balaban J connectivity index is 1.41. The summed E-state index contributed by atoms with van der Waals surface area (Å²) in [4.78, 5) is 13.6. The number of thiazole rings is 1. The van der Waals surface area contributed by atoms with E-state index in [4.69, 9.17) is 0 Å². The van der Waals surface area contributed by atoms with Gasteiger partial charge in [0.05, 0.1) is 18.7 Å². The summed E-state index contributed by atoms with van der Waals surface area (Å²) in [5.41, 5.74) is 2.66. The van der Waals surface area contributed by atoms with E-state index in [0.717, 1.165) is 26.2 Å². The van der Waals surface area contributed by atoms with Crippen LogP contribution in [-0.4, -0.2) is 56.2 Å². The average molecular weight is 393 g/mol. The molecule has 1 spiro atoms. The van der Waals surface area contributed by atoms with Crippen LogP contribution < -0.4 is 0 Å². The van der Waals surface area contributed by atoms with Crippen molar-refractivity contribution >= 4 is 11.3 Å². The molecule has 144 valence electrons. The van der Waals surface area contributed by atoms with Crippen LogP contribution in [0.25, 0.3) is 0 Å². The van der Waals surface area contributed by atoms with E-state index in [1.165, 1.54) is 16.1 Å². The van der Waals surface area contributed by atoms with Crippen LogP contribution >= 0.6 is 11.3 Å². The Morgan fingerprint density at radius 2 is 1.82 bits per heavy atom. The summed E-state index contributed by atoms with van der Waals surface area (Å²) in [7, 11) is 0. The number of pyridine rings is 1. The first-order chi connectivity index (χ1) is 13.8. The highest BCUT2D eigenvalue weighted by molar-refractivity contribution is 7.09. The molecule has 2 fully saturated rings. The number of rotatable bonds is 6. The van der Waals surface area contributed by atoms with Crippen LogP contribution in [0.4, 0.5) is 0 Å². The Hall–Kier alpha value is -2.12. The van der Waals surface area contributed by atoms with E-state index in [0.29, 0.717) is 5.92 Å². The van der Waals surface area contributed by atoms with Gasteiger partial charge in [-0.2, -0.15) is 0 Å². The molecule has 2 aromatic heterocycles. The number of hydrogen-bond acceptors (Lipinski definition) is 6. The minimum Gasteiger partial charge on any atom is -0.395 e. The summed E-state index contributed by atoms with van der Waals surface area (Å²) < 4.78 is 0. The van der Waals surface area contributed by atoms with Gasteiger partial charge in [-0.05, 0) is 23.3 Å². The molecule has 5 nitrogen and oxygen atoms in total. The predicted octanol–water partition coefficient (Wildman–Crippen LogP) is 2.75. The van der Waals surface area contributed by atoms with Crippen molar-refractivity contribution in [2.75, 3.05) is 19.7 Å². The second-order valence-electron chi connectivity index (χ2n) is 7.80. The minimum absolute atomic E-state index is 0.0787. The van der Waals surface area contributed by atoms with Gasteiger partial charge < -0.3 is 5.11 Å². The molecule has 5 rings (SSSR count).